The van der Waals surface area contributed by atoms with Crippen LogP contribution in [0.1, 0.15) is 16.5 Å². The third kappa shape index (κ3) is 2.77. The van der Waals surface area contributed by atoms with Crippen LogP contribution in [0.5, 0.6) is 0 Å². The summed E-state index contributed by atoms with van der Waals surface area (Å²) in [4.78, 5) is 1.14. The molecule has 84 valence electrons. The summed E-state index contributed by atoms with van der Waals surface area (Å²) in [5, 5.41) is 13.1. The zero-order chi connectivity index (χ0) is 11.5. The summed E-state index contributed by atoms with van der Waals surface area (Å²) >= 11 is 13.4. The fraction of sp³-hybridized carbons (Fsp3) is 0.167. The van der Waals surface area contributed by atoms with Crippen LogP contribution in [0.2, 0.25) is 10.0 Å². The van der Waals surface area contributed by atoms with Crippen molar-refractivity contribution in [1.82, 2.24) is 0 Å². The maximum absolute atomic E-state index is 10.0. The van der Waals surface area contributed by atoms with Crippen molar-refractivity contribution in [1.29, 1.82) is 0 Å². The molecule has 1 atom stereocenters. The molecule has 16 heavy (non-hydrogen) atoms. The molecular weight excluding hydrogens is 263 g/mol. The molecule has 1 aromatic heterocycles. The van der Waals surface area contributed by atoms with E-state index in [1.165, 1.54) is 0 Å². The second-order valence-corrected chi connectivity index (χ2v) is 5.34. The van der Waals surface area contributed by atoms with Crippen LogP contribution in [0, 0.1) is 0 Å². The first-order valence-electron chi connectivity index (χ1n) is 4.82. The van der Waals surface area contributed by atoms with Crippen LogP contribution in [0.25, 0.3) is 0 Å². The molecule has 0 amide bonds. The van der Waals surface area contributed by atoms with E-state index in [9.17, 15) is 5.11 Å². The minimum atomic E-state index is -0.580. The van der Waals surface area contributed by atoms with Gasteiger partial charge in [0.05, 0.1) is 6.10 Å². The number of hydrogen-bond acceptors (Lipinski definition) is 2. The lowest BCUT2D eigenvalue weighted by molar-refractivity contribution is 0.179. The van der Waals surface area contributed by atoms with Gasteiger partial charge in [0.25, 0.3) is 0 Å². The van der Waals surface area contributed by atoms with E-state index in [4.69, 9.17) is 23.2 Å². The van der Waals surface area contributed by atoms with Gasteiger partial charge < -0.3 is 5.11 Å². The van der Waals surface area contributed by atoms with E-state index in [2.05, 4.69) is 0 Å². The van der Waals surface area contributed by atoms with Crippen LogP contribution in [0.3, 0.4) is 0 Å². The summed E-state index contributed by atoms with van der Waals surface area (Å²) in [6.07, 6.45) is 0.00219. The number of hydrogen-bond donors (Lipinski definition) is 1. The molecule has 0 bridgehead atoms. The van der Waals surface area contributed by atoms with Crippen molar-refractivity contribution in [2.75, 3.05) is 0 Å². The molecule has 1 nitrogen and oxygen atoms in total. The number of thiophene rings is 1. The van der Waals surface area contributed by atoms with Crippen molar-refractivity contribution in [3.8, 4) is 0 Å². The molecule has 0 aliphatic rings. The highest BCUT2D eigenvalue weighted by atomic mass is 35.5. The first kappa shape index (κ1) is 11.9. The van der Waals surface area contributed by atoms with E-state index in [-0.39, 0.29) is 0 Å². The highest BCUT2D eigenvalue weighted by molar-refractivity contribution is 7.09. The van der Waals surface area contributed by atoms with Crippen molar-refractivity contribution in [3.63, 3.8) is 0 Å². The van der Waals surface area contributed by atoms with E-state index in [0.717, 1.165) is 10.4 Å². The monoisotopic (exact) mass is 272 g/mol. The second kappa shape index (κ2) is 5.19. The Labute approximate surface area is 108 Å². The Bertz CT molecular complexity index is 468. The molecule has 0 aliphatic heterocycles. The maximum atomic E-state index is 10.0. The quantitative estimate of drug-likeness (QED) is 0.882. The Balaban J connectivity index is 2.17. The average molecular weight is 273 g/mol. The van der Waals surface area contributed by atoms with Crippen molar-refractivity contribution in [2.45, 2.75) is 12.5 Å². The highest BCUT2D eigenvalue weighted by Gasteiger charge is 2.12. The molecule has 0 saturated carbocycles. The smallest absolute Gasteiger partial charge is 0.0852 e. The minimum absolute atomic E-state index is 0.511. The number of aliphatic hydroxyl groups is 1. The fourth-order valence-corrected chi connectivity index (χ4v) is 2.78. The number of halogens is 2. The normalized spacial score (nSPS) is 12.7. The molecule has 2 rings (SSSR count). The fourth-order valence-electron chi connectivity index (χ4n) is 1.50. The Morgan fingerprint density at radius 3 is 2.69 bits per heavy atom. The van der Waals surface area contributed by atoms with Gasteiger partial charge in [-0.25, -0.2) is 0 Å². The number of aliphatic hydroxyl groups excluding tert-OH is 1. The van der Waals surface area contributed by atoms with Gasteiger partial charge in [-0.2, -0.15) is 0 Å². The van der Waals surface area contributed by atoms with Crippen LogP contribution < -0.4 is 0 Å². The lowest BCUT2D eigenvalue weighted by atomic mass is 10.1. The van der Waals surface area contributed by atoms with E-state index >= 15 is 0 Å². The topological polar surface area (TPSA) is 20.2 Å². The molecule has 1 aromatic carbocycles. The van der Waals surface area contributed by atoms with Crippen molar-refractivity contribution in [3.05, 3.63) is 56.2 Å². The zero-order valence-electron chi connectivity index (χ0n) is 8.36. The van der Waals surface area contributed by atoms with E-state index in [0.29, 0.717) is 16.5 Å². The Morgan fingerprint density at radius 2 is 2.06 bits per heavy atom. The third-order valence-corrected chi connectivity index (χ3v) is 3.76. The first-order valence-corrected chi connectivity index (χ1v) is 6.46. The van der Waals surface area contributed by atoms with Crippen LogP contribution in [0.4, 0.5) is 0 Å². The molecule has 1 heterocycles. The lowest BCUT2D eigenvalue weighted by Crippen LogP contribution is -2.01. The maximum Gasteiger partial charge on any atom is 0.0852 e. The molecule has 4 heteroatoms. The molecule has 0 radical (unpaired) electrons. The van der Waals surface area contributed by atoms with Crippen LogP contribution >= 0.6 is 34.5 Å². The third-order valence-electron chi connectivity index (χ3n) is 2.30. The highest BCUT2D eigenvalue weighted by Crippen LogP contribution is 2.29. The van der Waals surface area contributed by atoms with Crippen molar-refractivity contribution >= 4 is 34.5 Å². The van der Waals surface area contributed by atoms with Crippen molar-refractivity contribution < 1.29 is 5.11 Å². The molecule has 1 unspecified atom stereocenters. The van der Waals surface area contributed by atoms with Crippen LogP contribution in [-0.4, -0.2) is 5.11 Å². The van der Waals surface area contributed by atoms with Crippen molar-refractivity contribution in [2.24, 2.45) is 0 Å². The SMILES string of the molecule is OC(Cc1cccs1)c1ccc(Cl)cc1Cl. The summed E-state index contributed by atoms with van der Waals surface area (Å²) < 4.78 is 0. The number of rotatable bonds is 3. The summed E-state index contributed by atoms with van der Waals surface area (Å²) in [6.45, 7) is 0. The summed E-state index contributed by atoms with van der Waals surface area (Å²) in [5.41, 5.74) is 0.722. The number of benzene rings is 1. The Hall–Kier alpha value is -0.540. The van der Waals surface area contributed by atoms with Gasteiger partial charge in [-0.05, 0) is 29.1 Å². The Morgan fingerprint density at radius 1 is 1.25 bits per heavy atom. The molecule has 0 fully saturated rings. The Kier molecular flexibility index (Phi) is 3.87. The molecule has 1 N–H and O–H groups in total. The summed E-state index contributed by atoms with van der Waals surface area (Å²) in [7, 11) is 0. The van der Waals surface area contributed by atoms with E-state index < -0.39 is 6.10 Å². The molecular formula is C12H10Cl2OS. The van der Waals surface area contributed by atoms with Gasteiger partial charge in [0.2, 0.25) is 0 Å². The average Bonchev–Trinajstić information content (AvgIpc) is 2.70. The second-order valence-electron chi connectivity index (χ2n) is 3.47. The van der Waals surface area contributed by atoms with Gasteiger partial charge in [0.1, 0.15) is 0 Å². The zero-order valence-corrected chi connectivity index (χ0v) is 10.7. The van der Waals surface area contributed by atoms with Gasteiger partial charge in [-0.15, -0.1) is 11.3 Å². The van der Waals surface area contributed by atoms with E-state index in [1.54, 1.807) is 29.5 Å². The molecule has 2 aromatic rings. The first-order chi connectivity index (χ1) is 7.66. The summed E-state index contributed by atoms with van der Waals surface area (Å²) in [5.74, 6) is 0. The van der Waals surface area contributed by atoms with Gasteiger partial charge in [-0.1, -0.05) is 35.3 Å². The van der Waals surface area contributed by atoms with E-state index in [1.807, 2.05) is 17.5 Å². The lowest BCUT2D eigenvalue weighted by Gasteiger charge is -2.11. The van der Waals surface area contributed by atoms with Gasteiger partial charge in [0, 0.05) is 21.3 Å². The van der Waals surface area contributed by atoms with Gasteiger partial charge >= 0.3 is 0 Å². The van der Waals surface area contributed by atoms with Crippen LogP contribution in [-0.2, 0) is 6.42 Å². The van der Waals surface area contributed by atoms with Gasteiger partial charge in [0.15, 0.2) is 0 Å². The predicted octanol–water partition coefficient (Wildman–Crippen LogP) is 4.33. The molecule has 0 saturated heterocycles. The molecule has 0 spiro atoms. The van der Waals surface area contributed by atoms with Crippen LogP contribution in [0.15, 0.2) is 35.7 Å². The summed E-state index contributed by atoms with van der Waals surface area (Å²) in [6, 6.07) is 9.12. The predicted molar refractivity (Wildman–Crippen MR) is 69.4 cm³/mol. The molecule has 0 aliphatic carbocycles. The standard InChI is InChI=1S/C12H10Cl2OS/c13-8-3-4-10(11(14)6-8)12(15)7-9-2-1-5-16-9/h1-6,12,15H,7H2. The minimum Gasteiger partial charge on any atom is -0.388 e. The largest absolute Gasteiger partial charge is 0.388 e. The van der Waals surface area contributed by atoms with Gasteiger partial charge in [-0.3, -0.25) is 0 Å².